The first-order valence-electron chi connectivity index (χ1n) is 8.83. The van der Waals surface area contributed by atoms with Crippen molar-refractivity contribution in [3.63, 3.8) is 0 Å². The summed E-state index contributed by atoms with van der Waals surface area (Å²) in [5.41, 5.74) is 1.20. The number of nitrogens with zero attached hydrogens (tertiary/aromatic N) is 2. The number of ether oxygens (including phenoxy) is 1. The van der Waals surface area contributed by atoms with Crippen LogP contribution in [0.5, 0.6) is 0 Å². The highest BCUT2D eigenvalue weighted by atomic mass is 16.5. The quantitative estimate of drug-likeness (QED) is 0.660. The summed E-state index contributed by atoms with van der Waals surface area (Å²) in [4.78, 5) is 15.8. The van der Waals surface area contributed by atoms with Crippen LogP contribution < -0.4 is 10.2 Å². The maximum atomic E-state index is 11.2. The Labute approximate surface area is 148 Å². The van der Waals surface area contributed by atoms with Crippen molar-refractivity contribution in [2.24, 2.45) is 0 Å². The molecule has 1 amide bonds. The molecule has 0 aliphatic carbocycles. The summed E-state index contributed by atoms with van der Waals surface area (Å²) in [6, 6.07) is 10.1. The van der Waals surface area contributed by atoms with E-state index < -0.39 is 12.2 Å². The maximum Gasteiger partial charge on any atom is 0.216 e. The molecule has 2 heterocycles. The predicted molar refractivity (Wildman–Crippen MR) is 94.5 cm³/mol. The molecule has 0 radical (unpaired) electrons. The standard InChI is InChI=1S/C18H27N3O4/c1-13(23)19-11-15-17(18(24)16(12-22)25-15)21-9-7-20(8-10-21)14-5-3-2-4-6-14/h2-6,15-18,22,24H,7-12H2,1H3,(H,19,23)/t15-,16+,17+,18-/m1/s1. The summed E-state index contributed by atoms with van der Waals surface area (Å²) in [5, 5.41) is 22.8. The SMILES string of the molecule is CC(=O)NC[C@H]1O[C@@H](CO)[C@@H](O)[C@H]1N1CCN(c2ccccc2)CC1. The molecular weight excluding hydrogens is 322 g/mol. The zero-order valence-corrected chi connectivity index (χ0v) is 14.5. The van der Waals surface area contributed by atoms with Crippen molar-refractivity contribution >= 4 is 11.6 Å². The third-order valence-electron chi connectivity index (χ3n) is 5.05. The van der Waals surface area contributed by atoms with Crippen LogP contribution in [0, 0.1) is 0 Å². The Kier molecular flexibility index (Phi) is 5.90. The third-order valence-corrected chi connectivity index (χ3v) is 5.05. The van der Waals surface area contributed by atoms with Gasteiger partial charge in [-0.15, -0.1) is 0 Å². The molecule has 1 aromatic rings. The fourth-order valence-corrected chi connectivity index (χ4v) is 3.76. The minimum Gasteiger partial charge on any atom is -0.394 e. The van der Waals surface area contributed by atoms with Crippen LogP contribution >= 0.6 is 0 Å². The molecule has 0 aromatic heterocycles. The van der Waals surface area contributed by atoms with E-state index in [-0.39, 0.29) is 24.7 Å². The zero-order valence-electron chi connectivity index (χ0n) is 14.5. The number of hydrogen-bond donors (Lipinski definition) is 3. The van der Waals surface area contributed by atoms with Crippen molar-refractivity contribution in [2.75, 3.05) is 44.2 Å². The Morgan fingerprint density at radius 3 is 2.48 bits per heavy atom. The second-order valence-electron chi connectivity index (χ2n) is 6.67. The maximum absolute atomic E-state index is 11.2. The van der Waals surface area contributed by atoms with E-state index >= 15 is 0 Å². The predicted octanol–water partition coefficient (Wildman–Crippen LogP) is -0.566. The van der Waals surface area contributed by atoms with Gasteiger partial charge in [0.15, 0.2) is 0 Å². The number of para-hydroxylation sites is 1. The lowest BCUT2D eigenvalue weighted by Gasteiger charge is -2.41. The first-order chi connectivity index (χ1) is 12.1. The molecule has 7 heteroatoms. The van der Waals surface area contributed by atoms with Gasteiger partial charge in [0.1, 0.15) is 12.2 Å². The van der Waals surface area contributed by atoms with E-state index in [4.69, 9.17) is 4.74 Å². The van der Waals surface area contributed by atoms with Crippen molar-refractivity contribution in [3.8, 4) is 0 Å². The van der Waals surface area contributed by atoms with Crippen LogP contribution in [0.2, 0.25) is 0 Å². The molecular formula is C18H27N3O4. The number of hydrogen-bond acceptors (Lipinski definition) is 6. The van der Waals surface area contributed by atoms with E-state index in [0.29, 0.717) is 6.54 Å². The molecule has 2 saturated heterocycles. The van der Waals surface area contributed by atoms with Gasteiger partial charge in [0.05, 0.1) is 18.8 Å². The second kappa shape index (κ2) is 8.14. The molecule has 0 spiro atoms. The topological polar surface area (TPSA) is 85.3 Å². The normalized spacial score (nSPS) is 30.4. The van der Waals surface area contributed by atoms with Crippen molar-refractivity contribution in [1.82, 2.24) is 10.2 Å². The lowest BCUT2D eigenvalue weighted by atomic mass is 10.0. The number of carbonyl (C=O) groups is 1. The molecule has 7 nitrogen and oxygen atoms in total. The molecule has 25 heavy (non-hydrogen) atoms. The van der Waals surface area contributed by atoms with Crippen molar-refractivity contribution in [2.45, 2.75) is 31.3 Å². The number of aliphatic hydroxyl groups excluding tert-OH is 2. The largest absolute Gasteiger partial charge is 0.394 e. The van der Waals surface area contributed by atoms with E-state index in [1.54, 1.807) is 0 Å². The average Bonchev–Trinajstić information content (AvgIpc) is 2.96. The fraction of sp³-hybridized carbons (Fsp3) is 0.611. The Morgan fingerprint density at radius 1 is 1.20 bits per heavy atom. The van der Waals surface area contributed by atoms with Gasteiger partial charge in [0.25, 0.3) is 0 Å². The molecule has 1 aromatic carbocycles. The Balaban J connectivity index is 1.63. The highest BCUT2D eigenvalue weighted by Gasteiger charge is 2.46. The molecule has 2 fully saturated rings. The number of piperazine rings is 1. The van der Waals surface area contributed by atoms with Crippen molar-refractivity contribution in [3.05, 3.63) is 30.3 Å². The third kappa shape index (κ3) is 4.12. The molecule has 0 bridgehead atoms. The van der Waals surface area contributed by atoms with Gasteiger partial charge in [-0.1, -0.05) is 18.2 Å². The van der Waals surface area contributed by atoms with E-state index in [1.165, 1.54) is 12.6 Å². The van der Waals surface area contributed by atoms with E-state index in [9.17, 15) is 15.0 Å². The van der Waals surface area contributed by atoms with Gasteiger partial charge in [-0.2, -0.15) is 0 Å². The van der Waals surface area contributed by atoms with Crippen LogP contribution in [0.4, 0.5) is 5.69 Å². The number of benzene rings is 1. The van der Waals surface area contributed by atoms with Crippen molar-refractivity contribution in [1.29, 1.82) is 0 Å². The van der Waals surface area contributed by atoms with Crippen LogP contribution in [0.1, 0.15) is 6.92 Å². The number of nitrogens with one attached hydrogen (secondary N) is 1. The van der Waals surface area contributed by atoms with Crippen LogP contribution in [0.3, 0.4) is 0 Å². The molecule has 4 atom stereocenters. The van der Waals surface area contributed by atoms with Gasteiger partial charge in [-0.05, 0) is 12.1 Å². The Morgan fingerprint density at radius 2 is 1.88 bits per heavy atom. The molecule has 138 valence electrons. The van der Waals surface area contributed by atoms with Gasteiger partial charge < -0.3 is 25.2 Å². The summed E-state index contributed by atoms with van der Waals surface area (Å²) in [7, 11) is 0. The number of rotatable bonds is 5. The van der Waals surface area contributed by atoms with Gasteiger partial charge in [0, 0.05) is 45.3 Å². The fourth-order valence-electron chi connectivity index (χ4n) is 3.76. The Hall–Kier alpha value is -1.67. The van der Waals surface area contributed by atoms with Crippen molar-refractivity contribution < 1.29 is 19.7 Å². The first kappa shape index (κ1) is 18.1. The first-order valence-corrected chi connectivity index (χ1v) is 8.83. The van der Waals surface area contributed by atoms with Gasteiger partial charge >= 0.3 is 0 Å². The molecule has 2 aliphatic heterocycles. The van der Waals surface area contributed by atoms with Gasteiger partial charge in [0.2, 0.25) is 5.91 Å². The average molecular weight is 349 g/mol. The summed E-state index contributed by atoms with van der Waals surface area (Å²) < 4.78 is 5.78. The van der Waals surface area contributed by atoms with Gasteiger partial charge in [-0.25, -0.2) is 0 Å². The summed E-state index contributed by atoms with van der Waals surface area (Å²) in [6.07, 6.45) is -1.68. The van der Waals surface area contributed by atoms with Gasteiger partial charge in [-0.3, -0.25) is 9.69 Å². The molecule has 0 saturated carbocycles. The monoisotopic (exact) mass is 349 g/mol. The molecule has 0 unspecified atom stereocenters. The second-order valence-corrected chi connectivity index (χ2v) is 6.67. The van der Waals surface area contributed by atoms with E-state index in [2.05, 4.69) is 27.2 Å². The highest BCUT2D eigenvalue weighted by molar-refractivity contribution is 5.72. The minimum absolute atomic E-state index is 0.127. The summed E-state index contributed by atoms with van der Waals surface area (Å²) in [6.45, 7) is 4.91. The Bertz CT molecular complexity index is 563. The number of amides is 1. The van der Waals surface area contributed by atoms with Crippen LogP contribution in [-0.2, 0) is 9.53 Å². The lowest BCUT2D eigenvalue weighted by molar-refractivity contribution is -0.119. The molecule has 3 rings (SSSR count). The van der Waals surface area contributed by atoms with E-state index in [0.717, 1.165) is 26.2 Å². The van der Waals surface area contributed by atoms with Crippen LogP contribution in [-0.4, -0.2) is 84.7 Å². The smallest absolute Gasteiger partial charge is 0.216 e. The minimum atomic E-state index is -0.757. The molecule has 3 N–H and O–H groups in total. The number of carbonyl (C=O) groups excluding carboxylic acids is 1. The van der Waals surface area contributed by atoms with Crippen LogP contribution in [0.25, 0.3) is 0 Å². The summed E-state index contributed by atoms with van der Waals surface area (Å²) in [5.74, 6) is -0.127. The number of anilines is 1. The molecule has 2 aliphatic rings. The van der Waals surface area contributed by atoms with E-state index in [1.807, 2.05) is 18.2 Å². The summed E-state index contributed by atoms with van der Waals surface area (Å²) >= 11 is 0. The zero-order chi connectivity index (χ0) is 17.8. The van der Waals surface area contributed by atoms with Crippen LogP contribution in [0.15, 0.2) is 30.3 Å². The number of aliphatic hydroxyl groups is 2. The highest BCUT2D eigenvalue weighted by Crippen LogP contribution is 2.27. The lowest BCUT2D eigenvalue weighted by Crippen LogP contribution is -2.57.